The number of ether oxygens (including phenoxy) is 1. The van der Waals surface area contributed by atoms with Crippen LogP contribution in [0.25, 0.3) is 0 Å². The van der Waals surface area contributed by atoms with Crippen molar-refractivity contribution in [2.75, 3.05) is 6.54 Å². The Morgan fingerprint density at radius 2 is 2.14 bits per heavy atom. The van der Waals surface area contributed by atoms with Gasteiger partial charge in [0, 0.05) is 6.54 Å². The first-order chi connectivity index (χ1) is 10.6. The van der Waals surface area contributed by atoms with Gasteiger partial charge >= 0.3 is 0 Å². The largest absolute Gasteiger partial charge is 0.481 e. The predicted molar refractivity (Wildman–Crippen MR) is 90.2 cm³/mol. The zero-order valence-corrected chi connectivity index (χ0v) is 13.9. The molecule has 0 saturated carbocycles. The smallest absolute Gasteiger partial charge is 0.260 e. The summed E-state index contributed by atoms with van der Waals surface area (Å²) in [6.07, 6.45) is 7.78. The first kappa shape index (κ1) is 16.6. The first-order valence-electron chi connectivity index (χ1n) is 8.26. The summed E-state index contributed by atoms with van der Waals surface area (Å²) in [7, 11) is 0. The molecule has 0 radical (unpaired) electrons. The molecule has 1 N–H and O–H groups in total. The molecule has 1 aromatic rings. The summed E-state index contributed by atoms with van der Waals surface area (Å²) in [6, 6.07) is 6.00. The van der Waals surface area contributed by atoms with E-state index >= 15 is 0 Å². The van der Waals surface area contributed by atoms with Gasteiger partial charge in [0.15, 0.2) is 6.10 Å². The van der Waals surface area contributed by atoms with Crippen LogP contribution in [0.1, 0.15) is 50.2 Å². The summed E-state index contributed by atoms with van der Waals surface area (Å²) in [5.74, 6) is 0.736. The Morgan fingerprint density at radius 1 is 1.32 bits per heavy atom. The second-order valence-electron chi connectivity index (χ2n) is 6.18. The van der Waals surface area contributed by atoms with Crippen LogP contribution in [0.15, 0.2) is 29.8 Å². The number of carbonyl (C=O) groups excluding carboxylic acids is 1. The lowest BCUT2D eigenvalue weighted by atomic mass is 9.97. The summed E-state index contributed by atoms with van der Waals surface area (Å²) in [6.45, 7) is 6.55. The molecule has 0 spiro atoms. The highest BCUT2D eigenvalue weighted by Crippen LogP contribution is 2.21. The Kier molecular flexibility index (Phi) is 6.05. The first-order valence-corrected chi connectivity index (χ1v) is 8.26. The monoisotopic (exact) mass is 301 g/mol. The molecule has 0 aromatic heterocycles. The van der Waals surface area contributed by atoms with Gasteiger partial charge in [-0.25, -0.2) is 0 Å². The van der Waals surface area contributed by atoms with Crippen molar-refractivity contribution in [2.24, 2.45) is 0 Å². The van der Waals surface area contributed by atoms with Gasteiger partial charge in [-0.15, -0.1) is 0 Å². The number of nitrogens with one attached hydrogen (secondary N) is 1. The van der Waals surface area contributed by atoms with E-state index in [0.717, 1.165) is 17.7 Å². The molecular weight excluding hydrogens is 274 g/mol. The van der Waals surface area contributed by atoms with Crippen LogP contribution in [0.4, 0.5) is 0 Å². The van der Waals surface area contributed by atoms with E-state index < -0.39 is 6.10 Å². The van der Waals surface area contributed by atoms with Crippen LogP contribution in [0.3, 0.4) is 0 Å². The number of hydrogen-bond acceptors (Lipinski definition) is 2. The zero-order valence-electron chi connectivity index (χ0n) is 13.9. The molecule has 0 aliphatic heterocycles. The van der Waals surface area contributed by atoms with Crippen molar-refractivity contribution in [3.05, 3.63) is 41.0 Å². The second kappa shape index (κ2) is 8.02. The molecule has 1 aliphatic rings. The maximum Gasteiger partial charge on any atom is 0.260 e. The molecule has 1 amide bonds. The molecule has 2 rings (SSSR count). The SMILES string of the molecule is Cc1ccc(O[C@@H](C)C(=O)NCCC2=CCCCC2)c(C)c1. The van der Waals surface area contributed by atoms with E-state index in [4.69, 9.17) is 4.74 Å². The molecular formula is C19H27NO2. The Balaban J connectivity index is 1.78. The van der Waals surface area contributed by atoms with Crippen molar-refractivity contribution < 1.29 is 9.53 Å². The third-order valence-electron chi connectivity index (χ3n) is 4.13. The highest BCUT2D eigenvalue weighted by molar-refractivity contribution is 5.80. The van der Waals surface area contributed by atoms with Crippen LogP contribution in [0, 0.1) is 13.8 Å². The summed E-state index contributed by atoms with van der Waals surface area (Å²) in [5.41, 5.74) is 3.74. The number of rotatable bonds is 6. The van der Waals surface area contributed by atoms with E-state index in [0.29, 0.717) is 6.54 Å². The Hall–Kier alpha value is -1.77. The van der Waals surface area contributed by atoms with Gasteiger partial charge in [-0.2, -0.15) is 0 Å². The molecule has 0 saturated heterocycles. The molecule has 0 heterocycles. The van der Waals surface area contributed by atoms with Crippen molar-refractivity contribution in [1.29, 1.82) is 0 Å². The van der Waals surface area contributed by atoms with Gasteiger partial charge in [0.1, 0.15) is 5.75 Å². The zero-order chi connectivity index (χ0) is 15.9. The Morgan fingerprint density at radius 3 is 2.82 bits per heavy atom. The van der Waals surface area contributed by atoms with Crippen molar-refractivity contribution in [2.45, 2.75) is 59.0 Å². The van der Waals surface area contributed by atoms with Crippen molar-refractivity contribution in [1.82, 2.24) is 5.32 Å². The van der Waals surface area contributed by atoms with E-state index in [1.54, 1.807) is 6.92 Å². The summed E-state index contributed by atoms with van der Waals surface area (Å²) >= 11 is 0. The Labute approximate surface area is 133 Å². The van der Waals surface area contributed by atoms with Crippen LogP contribution in [-0.4, -0.2) is 18.6 Å². The molecule has 120 valence electrons. The van der Waals surface area contributed by atoms with Gasteiger partial charge in [-0.3, -0.25) is 4.79 Å². The third kappa shape index (κ3) is 4.90. The minimum atomic E-state index is -0.471. The molecule has 0 fully saturated rings. The number of benzene rings is 1. The van der Waals surface area contributed by atoms with E-state index in [9.17, 15) is 4.79 Å². The van der Waals surface area contributed by atoms with Gasteiger partial charge in [-0.05, 0) is 64.5 Å². The molecule has 0 bridgehead atoms. The highest BCUT2D eigenvalue weighted by atomic mass is 16.5. The predicted octanol–water partition coefficient (Wildman–Crippen LogP) is 4.08. The normalized spacial score (nSPS) is 15.9. The number of aryl methyl sites for hydroxylation is 2. The van der Waals surface area contributed by atoms with Gasteiger partial charge < -0.3 is 10.1 Å². The molecule has 22 heavy (non-hydrogen) atoms. The van der Waals surface area contributed by atoms with Gasteiger partial charge in [0.05, 0.1) is 0 Å². The summed E-state index contributed by atoms with van der Waals surface area (Å²) in [5, 5.41) is 2.98. The lowest BCUT2D eigenvalue weighted by Gasteiger charge is -2.17. The molecule has 1 aliphatic carbocycles. The lowest BCUT2D eigenvalue weighted by molar-refractivity contribution is -0.127. The standard InChI is InChI=1S/C19H27NO2/c1-14-9-10-18(15(2)13-14)22-16(3)19(21)20-12-11-17-7-5-4-6-8-17/h7,9-10,13,16H,4-6,8,11-12H2,1-3H3,(H,20,21)/t16-/m0/s1. The van der Waals surface area contributed by atoms with Gasteiger partial charge in [0.25, 0.3) is 5.91 Å². The maximum absolute atomic E-state index is 12.1. The fourth-order valence-electron chi connectivity index (χ4n) is 2.80. The second-order valence-corrected chi connectivity index (χ2v) is 6.18. The van der Waals surface area contributed by atoms with Crippen molar-refractivity contribution in [3.63, 3.8) is 0 Å². The minimum Gasteiger partial charge on any atom is -0.481 e. The molecule has 3 nitrogen and oxygen atoms in total. The van der Waals surface area contributed by atoms with E-state index in [1.165, 1.54) is 36.8 Å². The number of allylic oxidation sites excluding steroid dienone is 1. The molecule has 1 atom stereocenters. The van der Waals surface area contributed by atoms with Crippen LogP contribution in [0.2, 0.25) is 0 Å². The van der Waals surface area contributed by atoms with Gasteiger partial charge in [0.2, 0.25) is 0 Å². The van der Waals surface area contributed by atoms with E-state index in [2.05, 4.69) is 17.5 Å². The van der Waals surface area contributed by atoms with Crippen LogP contribution in [-0.2, 0) is 4.79 Å². The average molecular weight is 301 g/mol. The fourth-order valence-corrected chi connectivity index (χ4v) is 2.80. The number of hydrogen-bond donors (Lipinski definition) is 1. The maximum atomic E-state index is 12.1. The quantitative estimate of drug-likeness (QED) is 0.804. The van der Waals surface area contributed by atoms with Crippen LogP contribution >= 0.6 is 0 Å². The third-order valence-corrected chi connectivity index (χ3v) is 4.13. The topological polar surface area (TPSA) is 38.3 Å². The molecule has 1 aromatic carbocycles. The molecule has 0 unspecified atom stereocenters. The minimum absolute atomic E-state index is 0.0450. The number of amides is 1. The van der Waals surface area contributed by atoms with Gasteiger partial charge in [-0.1, -0.05) is 29.3 Å². The van der Waals surface area contributed by atoms with E-state index in [1.807, 2.05) is 26.0 Å². The van der Waals surface area contributed by atoms with Crippen LogP contribution < -0.4 is 10.1 Å². The van der Waals surface area contributed by atoms with Crippen LogP contribution in [0.5, 0.6) is 5.75 Å². The lowest BCUT2D eigenvalue weighted by Crippen LogP contribution is -2.37. The van der Waals surface area contributed by atoms with E-state index in [-0.39, 0.29) is 5.91 Å². The number of carbonyl (C=O) groups is 1. The average Bonchev–Trinajstić information content (AvgIpc) is 2.51. The molecule has 3 heteroatoms. The summed E-state index contributed by atoms with van der Waals surface area (Å²) < 4.78 is 5.78. The van der Waals surface area contributed by atoms with Crippen molar-refractivity contribution in [3.8, 4) is 5.75 Å². The highest BCUT2D eigenvalue weighted by Gasteiger charge is 2.15. The fraction of sp³-hybridized carbons (Fsp3) is 0.526. The van der Waals surface area contributed by atoms with Crippen molar-refractivity contribution >= 4 is 5.91 Å². The summed E-state index contributed by atoms with van der Waals surface area (Å²) in [4.78, 5) is 12.1. The Bertz CT molecular complexity index is 548.